The minimum Gasteiger partial charge on any atom is -0.356 e. The first-order valence-corrected chi connectivity index (χ1v) is 9.74. The summed E-state index contributed by atoms with van der Waals surface area (Å²) in [5.41, 5.74) is 4.13. The number of piperidine rings is 1. The van der Waals surface area contributed by atoms with E-state index in [4.69, 9.17) is 4.74 Å². The molecule has 0 N–H and O–H groups in total. The monoisotopic (exact) mass is 375 g/mol. The molecule has 0 radical (unpaired) electrons. The molecule has 1 fully saturated rings. The standard InChI is InChI=1S/C23H22FN3O/c24-17-8-9-18(26-15-17)16-27-13-10-23(11-14-27)20-6-2-1-5-19(20)22(28-23)21-7-3-4-12-25-21/h1-9,12,15,22H,10-11,13-14,16H2. The Hall–Kier alpha value is -2.63. The predicted octanol–water partition coefficient (Wildman–Crippen LogP) is 4.23. The summed E-state index contributed by atoms with van der Waals surface area (Å²) in [6.07, 6.45) is 4.85. The number of pyridine rings is 2. The number of aromatic nitrogens is 2. The SMILES string of the molecule is Fc1ccc(CN2CCC3(CC2)OC(c2ccccn2)c2ccccc23)nc1. The van der Waals surface area contributed by atoms with Crippen molar-refractivity contribution in [2.75, 3.05) is 13.1 Å². The smallest absolute Gasteiger partial charge is 0.141 e. The van der Waals surface area contributed by atoms with Gasteiger partial charge in [0.2, 0.25) is 0 Å². The number of nitrogens with zero attached hydrogens (tertiary/aromatic N) is 3. The van der Waals surface area contributed by atoms with Crippen LogP contribution in [0.25, 0.3) is 0 Å². The van der Waals surface area contributed by atoms with Gasteiger partial charge in [-0.15, -0.1) is 0 Å². The number of fused-ring (bicyclic) bond motifs is 2. The Morgan fingerprint density at radius 1 is 1.00 bits per heavy atom. The quantitative estimate of drug-likeness (QED) is 0.687. The molecule has 3 aromatic rings. The van der Waals surface area contributed by atoms with Crippen LogP contribution in [0.4, 0.5) is 4.39 Å². The molecule has 1 atom stereocenters. The van der Waals surface area contributed by atoms with Crippen LogP contribution >= 0.6 is 0 Å². The Morgan fingerprint density at radius 3 is 2.57 bits per heavy atom. The number of benzene rings is 1. The second-order valence-corrected chi connectivity index (χ2v) is 7.58. The van der Waals surface area contributed by atoms with E-state index in [1.807, 2.05) is 24.4 Å². The highest BCUT2D eigenvalue weighted by Gasteiger charge is 2.47. The van der Waals surface area contributed by atoms with Gasteiger partial charge in [-0.2, -0.15) is 0 Å². The van der Waals surface area contributed by atoms with Crippen molar-refractivity contribution in [2.45, 2.75) is 31.1 Å². The van der Waals surface area contributed by atoms with Gasteiger partial charge in [-0.3, -0.25) is 14.9 Å². The third-order valence-corrected chi connectivity index (χ3v) is 5.87. The maximum absolute atomic E-state index is 13.1. The molecule has 1 saturated heterocycles. The summed E-state index contributed by atoms with van der Waals surface area (Å²) in [6, 6.07) is 17.8. The second kappa shape index (κ2) is 7.08. The van der Waals surface area contributed by atoms with Gasteiger partial charge in [0.05, 0.1) is 23.2 Å². The number of hydrogen-bond acceptors (Lipinski definition) is 4. The van der Waals surface area contributed by atoms with Gasteiger partial charge in [-0.25, -0.2) is 4.39 Å². The fourth-order valence-electron chi connectivity index (χ4n) is 4.43. The summed E-state index contributed by atoms with van der Waals surface area (Å²) in [4.78, 5) is 11.1. The lowest BCUT2D eigenvalue weighted by Gasteiger charge is -2.39. The zero-order valence-corrected chi connectivity index (χ0v) is 15.6. The minimum absolute atomic E-state index is 0.109. The van der Waals surface area contributed by atoms with Gasteiger partial charge < -0.3 is 4.74 Å². The Morgan fingerprint density at radius 2 is 1.82 bits per heavy atom. The molecular weight excluding hydrogens is 353 g/mol. The normalized spacial score (nSPS) is 21.0. The highest BCUT2D eigenvalue weighted by atomic mass is 19.1. The summed E-state index contributed by atoms with van der Waals surface area (Å²) in [6.45, 7) is 2.58. The topological polar surface area (TPSA) is 38.2 Å². The number of halogens is 1. The first-order chi connectivity index (χ1) is 13.7. The summed E-state index contributed by atoms with van der Waals surface area (Å²) < 4.78 is 19.8. The molecule has 1 spiro atoms. The highest BCUT2D eigenvalue weighted by molar-refractivity contribution is 5.42. The Labute approximate surface area is 164 Å². The van der Waals surface area contributed by atoms with Crippen molar-refractivity contribution in [1.29, 1.82) is 0 Å². The largest absolute Gasteiger partial charge is 0.356 e. The fourth-order valence-corrected chi connectivity index (χ4v) is 4.43. The van der Waals surface area contributed by atoms with E-state index in [9.17, 15) is 4.39 Å². The molecule has 2 aliphatic heterocycles. The van der Waals surface area contributed by atoms with Crippen LogP contribution < -0.4 is 0 Å². The van der Waals surface area contributed by atoms with E-state index >= 15 is 0 Å². The summed E-state index contributed by atoms with van der Waals surface area (Å²) in [5.74, 6) is -0.294. The molecular formula is C23H22FN3O. The number of rotatable bonds is 3. The van der Waals surface area contributed by atoms with Gasteiger partial charge in [-0.1, -0.05) is 30.3 Å². The average molecular weight is 375 g/mol. The van der Waals surface area contributed by atoms with Crippen molar-refractivity contribution < 1.29 is 9.13 Å². The van der Waals surface area contributed by atoms with Crippen LogP contribution in [0.15, 0.2) is 67.0 Å². The minimum atomic E-state index is -0.294. The molecule has 2 aromatic heterocycles. The fraction of sp³-hybridized carbons (Fsp3) is 0.304. The second-order valence-electron chi connectivity index (χ2n) is 7.58. The summed E-state index contributed by atoms with van der Waals surface area (Å²) in [7, 11) is 0. The predicted molar refractivity (Wildman–Crippen MR) is 104 cm³/mol. The summed E-state index contributed by atoms with van der Waals surface area (Å²) >= 11 is 0. The number of hydrogen-bond donors (Lipinski definition) is 0. The van der Waals surface area contributed by atoms with Gasteiger partial charge >= 0.3 is 0 Å². The van der Waals surface area contributed by atoms with E-state index in [0.717, 1.165) is 43.9 Å². The third kappa shape index (κ3) is 3.11. The molecule has 2 aliphatic rings. The van der Waals surface area contributed by atoms with Gasteiger partial charge in [0.1, 0.15) is 11.9 Å². The van der Waals surface area contributed by atoms with Gasteiger partial charge in [0, 0.05) is 25.8 Å². The van der Waals surface area contributed by atoms with E-state index in [-0.39, 0.29) is 17.5 Å². The van der Waals surface area contributed by atoms with Gasteiger partial charge in [0.15, 0.2) is 0 Å². The first-order valence-electron chi connectivity index (χ1n) is 9.74. The third-order valence-electron chi connectivity index (χ3n) is 5.87. The van der Waals surface area contributed by atoms with Crippen LogP contribution in [0.5, 0.6) is 0 Å². The zero-order chi connectivity index (χ0) is 19.0. The van der Waals surface area contributed by atoms with Crippen molar-refractivity contribution in [3.05, 3.63) is 95.3 Å². The van der Waals surface area contributed by atoms with Crippen molar-refractivity contribution in [2.24, 2.45) is 0 Å². The van der Waals surface area contributed by atoms with Crippen molar-refractivity contribution >= 4 is 0 Å². The van der Waals surface area contributed by atoms with Crippen molar-refractivity contribution in [1.82, 2.24) is 14.9 Å². The molecule has 0 aliphatic carbocycles. The van der Waals surface area contributed by atoms with E-state index in [2.05, 4.69) is 39.1 Å². The lowest BCUT2D eigenvalue weighted by atomic mass is 9.83. The maximum atomic E-state index is 13.1. The molecule has 0 bridgehead atoms. The lowest BCUT2D eigenvalue weighted by molar-refractivity contribution is -0.0989. The molecule has 4 heterocycles. The van der Waals surface area contributed by atoms with Crippen LogP contribution in [0, 0.1) is 5.82 Å². The number of ether oxygens (including phenoxy) is 1. The molecule has 4 nitrogen and oxygen atoms in total. The molecule has 0 amide bonds. The van der Waals surface area contributed by atoms with Gasteiger partial charge in [0.25, 0.3) is 0 Å². The van der Waals surface area contributed by atoms with Crippen LogP contribution in [0.1, 0.15) is 41.5 Å². The average Bonchev–Trinajstić information content (AvgIpc) is 3.07. The molecule has 5 heteroatoms. The van der Waals surface area contributed by atoms with Crippen molar-refractivity contribution in [3.63, 3.8) is 0 Å². The van der Waals surface area contributed by atoms with Crippen LogP contribution in [0.3, 0.4) is 0 Å². The maximum Gasteiger partial charge on any atom is 0.141 e. The molecule has 0 saturated carbocycles. The Kier molecular flexibility index (Phi) is 4.41. The molecule has 1 unspecified atom stereocenters. The molecule has 5 rings (SSSR count). The van der Waals surface area contributed by atoms with Crippen LogP contribution in [-0.2, 0) is 16.9 Å². The first kappa shape index (κ1) is 17.5. The van der Waals surface area contributed by atoms with E-state index in [1.54, 1.807) is 6.07 Å². The lowest BCUT2D eigenvalue weighted by Crippen LogP contribution is -2.42. The molecule has 142 valence electrons. The zero-order valence-electron chi connectivity index (χ0n) is 15.6. The van der Waals surface area contributed by atoms with E-state index in [1.165, 1.54) is 23.4 Å². The summed E-state index contributed by atoms with van der Waals surface area (Å²) in [5, 5.41) is 0. The molecule has 1 aromatic carbocycles. The van der Waals surface area contributed by atoms with Crippen molar-refractivity contribution in [3.8, 4) is 0 Å². The highest BCUT2D eigenvalue weighted by Crippen LogP contribution is 2.51. The van der Waals surface area contributed by atoms with Gasteiger partial charge in [-0.05, 0) is 48.2 Å². The molecule has 28 heavy (non-hydrogen) atoms. The van der Waals surface area contributed by atoms with Crippen LogP contribution in [0.2, 0.25) is 0 Å². The number of likely N-dealkylation sites (tertiary alicyclic amines) is 1. The Balaban J connectivity index is 1.36. The Bertz CT molecular complexity index is 953. The van der Waals surface area contributed by atoms with E-state index < -0.39 is 0 Å². The van der Waals surface area contributed by atoms with Crippen LogP contribution in [-0.4, -0.2) is 28.0 Å². The van der Waals surface area contributed by atoms with E-state index in [0.29, 0.717) is 0 Å².